The van der Waals surface area contributed by atoms with E-state index in [1.165, 1.54) is 6.92 Å². The Labute approximate surface area is 122 Å². The fraction of sp³-hybridized carbons (Fsp3) is 0.692. The van der Waals surface area contributed by atoms with Gasteiger partial charge in [-0.05, 0) is 19.8 Å². The first-order chi connectivity index (χ1) is 9.79. The highest BCUT2D eigenvalue weighted by Gasteiger charge is 2.66. The van der Waals surface area contributed by atoms with Gasteiger partial charge in [0.05, 0.1) is 6.10 Å². The van der Waals surface area contributed by atoms with Crippen molar-refractivity contribution in [1.82, 2.24) is 5.32 Å². The van der Waals surface area contributed by atoms with E-state index in [4.69, 9.17) is 8.92 Å². The third-order valence-corrected chi connectivity index (χ3v) is 6.24. The molecule has 5 unspecified atom stereocenters. The van der Waals surface area contributed by atoms with Gasteiger partial charge in [0.25, 0.3) is 10.1 Å². The van der Waals surface area contributed by atoms with Gasteiger partial charge in [-0.2, -0.15) is 8.42 Å². The summed E-state index contributed by atoms with van der Waals surface area (Å²) in [5.74, 6) is -1.11. The maximum absolute atomic E-state index is 11.9. The van der Waals surface area contributed by atoms with Crippen molar-refractivity contribution in [2.24, 2.45) is 11.8 Å². The summed E-state index contributed by atoms with van der Waals surface area (Å²) in [6.45, 7) is 4.69. The van der Waals surface area contributed by atoms with Gasteiger partial charge < -0.3 is 10.1 Å². The van der Waals surface area contributed by atoms with E-state index in [2.05, 4.69) is 11.9 Å². The molecular formula is C13H17NO6S. The van der Waals surface area contributed by atoms with Crippen LogP contribution in [0.25, 0.3) is 0 Å². The number of carbonyl (C=O) groups is 2. The average molecular weight is 315 g/mol. The summed E-state index contributed by atoms with van der Waals surface area (Å²) in [5.41, 5.74) is 0.289. The van der Waals surface area contributed by atoms with Crippen molar-refractivity contribution in [3.05, 3.63) is 12.2 Å². The van der Waals surface area contributed by atoms with Crippen LogP contribution < -0.4 is 5.32 Å². The molecule has 2 bridgehead atoms. The largest absolute Gasteiger partial charge is 0.459 e. The number of nitrogens with one attached hydrogen (secondary N) is 1. The normalized spacial score (nSPS) is 38.2. The van der Waals surface area contributed by atoms with E-state index in [9.17, 15) is 18.0 Å². The Morgan fingerprint density at radius 2 is 2.10 bits per heavy atom. The lowest BCUT2D eigenvalue weighted by molar-refractivity contribution is -0.151. The van der Waals surface area contributed by atoms with Crippen LogP contribution in [0.2, 0.25) is 0 Å². The van der Waals surface area contributed by atoms with Crippen molar-refractivity contribution in [2.75, 3.05) is 6.54 Å². The van der Waals surface area contributed by atoms with Gasteiger partial charge >= 0.3 is 5.97 Å². The van der Waals surface area contributed by atoms with Crippen LogP contribution >= 0.6 is 0 Å². The lowest BCUT2D eigenvalue weighted by atomic mass is 9.95. The zero-order chi connectivity index (χ0) is 15.4. The zero-order valence-electron chi connectivity index (χ0n) is 11.6. The van der Waals surface area contributed by atoms with E-state index in [1.807, 2.05) is 0 Å². The molecule has 7 nitrogen and oxygen atoms in total. The minimum Gasteiger partial charge on any atom is -0.459 e. The zero-order valence-corrected chi connectivity index (χ0v) is 12.4. The Morgan fingerprint density at radius 1 is 1.38 bits per heavy atom. The number of amides is 1. The molecule has 2 saturated carbocycles. The third kappa shape index (κ3) is 2.36. The summed E-state index contributed by atoms with van der Waals surface area (Å²) in [5, 5.41) is 1.62. The van der Waals surface area contributed by atoms with E-state index in [-0.39, 0.29) is 30.1 Å². The van der Waals surface area contributed by atoms with Gasteiger partial charge in [-0.15, -0.1) is 0 Å². The molecule has 0 aromatic carbocycles. The molecule has 1 aliphatic heterocycles. The Balaban J connectivity index is 1.62. The van der Waals surface area contributed by atoms with Crippen molar-refractivity contribution in [3.8, 4) is 0 Å². The number of hydrogen-bond donors (Lipinski definition) is 1. The monoisotopic (exact) mass is 315 g/mol. The molecule has 0 spiro atoms. The number of ether oxygens (including phenoxy) is 1. The van der Waals surface area contributed by atoms with E-state index in [0.717, 1.165) is 0 Å². The summed E-state index contributed by atoms with van der Waals surface area (Å²) in [4.78, 5) is 23.1. The Morgan fingerprint density at radius 3 is 2.76 bits per heavy atom. The number of esters is 1. The highest BCUT2D eigenvalue weighted by atomic mass is 32.2. The first-order valence-corrected chi connectivity index (χ1v) is 8.32. The molecule has 21 heavy (non-hydrogen) atoms. The first kappa shape index (κ1) is 14.5. The summed E-state index contributed by atoms with van der Waals surface area (Å²) in [6.07, 6.45) is 0.414. The number of rotatable bonds is 4. The third-order valence-electron chi connectivity index (χ3n) is 4.44. The van der Waals surface area contributed by atoms with Crippen molar-refractivity contribution >= 4 is 22.0 Å². The van der Waals surface area contributed by atoms with Gasteiger partial charge in [-0.1, -0.05) is 6.58 Å². The Kier molecular flexibility index (Phi) is 3.32. The van der Waals surface area contributed by atoms with Crippen LogP contribution in [0.15, 0.2) is 12.2 Å². The predicted molar refractivity (Wildman–Crippen MR) is 71.5 cm³/mol. The second kappa shape index (κ2) is 4.81. The van der Waals surface area contributed by atoms with Crippen LogP contribution in [0.4, 0.5) is 0 Å². The molecule has 1 heterocycles. The summed E-state index contributed by atoms with van der Waals surface area (Å²) >= 11 is 0. The Hall–Kier alpha value is -1.41. The van der Waals surface area contributed by atoms with E-state index in [1.54, 1.807) is 0 Å². The van der Waals surface area contributed by atoms with Crippen LogP contribution in [0.1, 0.15) is 19.8 Å². The van der Waals surface area contributed by atoms with Gasteiger partial charge in [-0.3, -0.25) is 13.8 Å². The van der Waals surface area contributed by atoms with Crippen LogP contribution in [-0.2, 0) is 28.6 Å². The Bertz CT molecular complexity index is 610. The smallest absolute Gasteiger partial charge is 0.325 e. The predicted octanol–water partition coefficient (Wildman–Crippen LogP) is -0.272. The molecule has 1 amide bonds. The maximum atomic E-state index is 11.9. The molecule has 1 N–H and O–H groups in total. The highest BCUT2D eigenvalue weighted by molar-refractivity contribution is 7.87. The van der Waals surface area contributed by atoms with E-state index < -0.39 is 33.3 Å². The first-order valence-electron chi connectivity index (χ1n) is 6.85. The fourth-order valence-corrected chi connectivity index (χ4v) is 5.60. The van der Waals surface area contributed by atoms with E-state index >= 15 is 0 Å². The standard InChI is InChI=1S/C13H17NO6S/c1-6(2)13(16)14-5-10(15)19-11-7-3-8-9(4-7)20-21(17,18)12(8)11/h7-9,11-12H,1,3-5H2,2H3,(H,14,16). The molecular weight excluding hydrogens is 298 g/mol. The van der Waals surface area contributed by atoms with Gasteiger partial charge in [0.15, 0.2) is 0 Å². The molecule has 3 fully saturated rings. The van der Waals surface area contributed by atoms with Crippen LogP contribution in [0.5, 0.6) is 0 Å². The van der Waals surface area contributed by atoms with Crippen LogP contribution in [-0.4, -0.2) is 44.3 Å². The number of fused-ring (bicyclic) bond motifs is 1. The molecule has 3 rings (SSSR count). The average Bonchev–Trinajstić information content (AvgIpc) is 2.96. The summed E-state index contributed by atoms with van der Waals surface area (Å²) in [6, 6.07) is 0. The van der Waals surface area contributed by atoms with Crippen molar-refractivity contribution < 1.29 is 26.9 Å². The quantitative estimate of drug-likeness (QED) is 0.435. The second-order valence-corrected chi connectivity index (χ2v) is 7.63. The van der Waals surface area contributed by atoms with Crippen LogP contribution in [0, 0.1) is 11.8 Å². The molecule has 5 atom stereocenters. The van der Waals surface area contributed by atoms with Crippen molar-refractivity contribution in [2.45, 2.75) is 37.2 Å². The molecule has 8 heteroatoms. The van der Waals surface area contributed by atoms with Gasteiger partial charge in [0.2, 0.25) is 5.91 Å². The minimum atomic E-state index is -3.65. The lowest BCUT2D eigenvalue weighted by Crippen LogP contribution is -2.41. The topological polar surface area (TPSA) is 98.8 Å². The van der Waals surface area contributed by atoms with Crippen molar-refractivity contribution in [3.63, 3.8) is 0 Å². The highest BCUT2D eigenvalue weighted by Crippen LogP contribution is 2.55. The molecule has 3 aliphatic rings. The molecule has 0 aromatic rings. The van der Waals surface area contributed by atoms with E-state index in [0.29, 0.717) is 12.8 Å². The fourth-order valence-electron chi connectivity index (χ4n) is 3.58. The summed E-state index contributed by atoms with van der Waals surface area (Å²) < 4.78 is 34.2. The molecule has 2 aliphatic carbocycles. The van der Waals surface area contributed by atoms with Gasteiger partial charge in [0.1, 0.15) is 17.9 Å². The minimum absolute atomic E-state index is 0.0306. The molecule has 116 valence electrons. The SMILES string of the molecule is C=C(C)C(=O)NCC(=O)OC1C2CC3OS(=O)(=O)C1C3C2. The second-order valence-electron chi connectivity index (χ2n) is 5.90. The van der Waals surface area contributed by atoms with Crippen molar-refractivity contribution in [1.29, 1.82) is 0 Å². The molecule has 0 aromatic heterocycles. The molecule has 1 saturated heterocycles. The molecule has 0 radical (unpaired) electrons. The number of carbonyl (C=O) groups excluding carboxylic acids is 2. The summed E-state index contributed by atoms with van der Waals surface area (Å²) in [7, 11) is -3.65. The van der Waals surface area contributed by atoms with Crippen LogP contribution in [0.3, 0.4) is 0 Å². The van der Waals surface area contributed by atoms with Gasteiger partial charge in [-0.25, -0.2) is 0 Å². The lowest BCUT2D eigenvalue weighted by Gasteiger charge is -2.24. The maximum Gasteiger partial charge on any atom is 0.325 e. The number of hydrogen-bond acceptors (Lipinski definition) is 6. The van der Waals surface area contributed by atoms with Gasteiger partial charge in [0, 0.05) is 17.4 Å².